The first-order valence-electron chi connectivity index (χ1n) is 7.01. The summed E-state index contributed by atoms with van der Waals surface area (Å²) in [4.78, 5) is 11.7. The fourth-order valence-electron chi connectivity index (χ4n) is 2.39. The highest BCUT2D eigenvalue weighted by atomic mass is 16.1. The molecule has 0 bridgehead atoms. The maximum atomic E-state index is 11.7. The number of hydrogen-bond acceptors (Lipinski definition) is 1. The summed E-state index contributed by atoms with van der Waals surface area (Å²) in [7, 11) is 0. The fraction of sp³-hybridized carbons (Fsp3) is 0.588. The van der Waals surface area contributed by atoms with Gasteiger partial charge >= 0.3 is 0 Å². The predicted octanol–water partition coefficient (Wildman–Crippen LogP) is 4.85. The van der Waals surface area contributed by atoms with Gasteiger partial charge in [0.1, 0.15) is 5.78 Å². The van der Waals surface area contributed by atoms with E-state index in [4.69, 9.17) is 0 Å². The van der Waals surface area contributed by atoms with Crippen molar-refractivity contribution < 1.29 is 4.79 Å². The van der Waals surface area contributed by atoms with Crippen LogP contribution < -0.4 is 0 Å². The fourth-order valence-corrected chi connectivity index (χ4v) is 2.39. The van der Waals surface area contributed by atoms with E-state index in [1.807, 2.05) is 0 Å². The molecule has 0 aliphatic heterocycles. The summed E-state index contributed by atoms with van der Waals surface area (Å²) < 4.78 is 0. The van der Waals surface area contributed by atoms with Crippen LogP contribution in [0.1, 0.15) is 53.4 Å². The van der Waals surface area contributed by atoms with Crippen molar-refractivity contribution >= 4 is 5.78 Å². The van der Waals surface area contributed by atoms with Crippen molar-refractivity contribution in [2.24, 2.45) is 11.8 Å². The molecule has 0 saturated carbocycles. The zero-order valence-corrected chi connectivity index (χ0v) is 12.2. The predicted molar refractivity (Wildman–Crippen MR) is 78.5 cm³/mol. The molecule has 0 amide bonds. The van der Waals surface area contributed by atoms with Gasteiger partial charge in [0, 0.05) is 5.92 Å². The summed E-state index contributed by atoms with van der Waals surface area (Å²) in [6.45, 7) is 8.28. The number of Topliss-reactive ketones (excluding diaryl/α,β-unsaturated/α-hetero) is 1. The summed E-state index contributed by atoms with van der Waals surface area (Å²) in [6, 6.07) is 0. The zero-order chi connectivity index (χ0) is 13.5. The molecule has 0 aromatic carbocycles. The van der Waals surface area contributed by atoms with Crippen LogP contribution in [0.15, 0.2) is 35.5 Å². The second-order valence-corrected chi connectivity index (χ2v) is 5.48. The van der Waals surface area contributed by atoms with Crippen LogP contribution in [-0.2, 0) is 4.79 Å². The Balaban J connectivity index is 2.88. The molecular formula is C17H26O. The van der Waals surface area contributed by atoms with Gasteiger partial charge in [0.05, 0.1) is 0 Å². The van der Waals surface area contributed by atoms with Crippen LogP contribution in [0.3, 0.4) is 0 Å². The minimum atomic E-state index is 0.111. The van der Waals surface area contributed by atoms with E-state index < -0.39 is 0 Å². The van der Waals surface area contributed by atoms with E-state index in [-0.39, 0.29) is 5.92 Å². The molecular weight excluding hydrogens is 220 g/mol. The van der Waals surface area contributed by atoms with Crippen molar-refractivity contribution in [2.75, 3.05) is 0 Å². The molecule has 18 heavy (non-hydrogen) atoms. The first kappa shape index (κ1) is 14.9. The van der Waals surface area contributed by atoms with Gasteiger partial charge in [0.25, 0.3) is 0 Å². The molecule has 2 unspecified atom stereocenters. The SMILES string of the molecule is CC(=O)C1CC/C=C/CC(C)/C(C)=C/CC=C1C. The lowest BCUT2D eigenvalue weighted by atomic mass is 9.89. The van der Waals surface area contributed by atoms with Crippen LogP contribution in [-0.4, -0.2) is 5.78 Å². The smallest absolute Gasteiger partial charge is 0.136 e. The second kappa shape index (κ2) is 7.35. The molecule has 1 nitrogen and oxygen atoms in total. The van der Waals surface area contributed by atoms with Gasteiger partial charge in [-0.1, -0.05) is 42.4 Å². The van der Waals surface area contributed by atoms with Crippen molar-refractivity contribution in [1.29, 1.82) is 0 Å². The second-order valence-electron chi connectivity index (χ2n) is 5.48. The van der Waals surface area contributed by atoms with Gasteiger partial charge in [-0.15, -0.1) is 0 Å². The Hall–Kier alpha value is -1.11. The number of hydrogen-bond donors (Lipinski definition) is 0. The average Bonchev–Trinajstić information content (AvgIpc) is 2.31. The van der Waals surface area contributed by atoms with Crippen molar-refractivity contribution in [1.82, 2.24) is 0 Å². The standard InChI is InChI=1S/C17H26O/c1-13-9-6-5-7-12-17(16(4)18)15(3)11-8-10-14(13)2/h5-6,10-11,13,17H,7-9,12H2,1-4H3/b6-5+,14-10+,15-11?. The molecule has 0 aromatic rings. The van der Waals surface area contributed by atoms with E-state index in [2.05, 4.69) is 45.1 Å². The lowest BCUT2D eigenvalue weighted by Gasteiger charge is -2.15. The van der Waals surface area contributed by atoms with Crippen molar-refractivity contribution in [3.63, 3.8) is 0 Å². The molecule has 1 rings (SSSR count). The zero-order valence-electron chi connectivity index (χ0n) is 12.2. The first-order valence-corrected chi connectivity index (χ1v) is 7.01. The van der Waals surface area contributed by atoms with E-state index >= 15 is 0 Å². The summed E-state index contributed by atoms with van der Waals surface area (Å²) in [5.74, 6) is 1.03. The third kappa shape index (κ3) is 4.64. The molecule has 0 fully saturated rings. The lowest BCUT2D eigenvalue weighted by Crippen LogP contribution is -2.12. The van der Waals surface area contributed by atoms with Gasteiger partial charge in [-0.25, -0.2) is 0 Å². The third-order valence-electron chi connectivity index (χ3n) is 3.98. The Morgan fingerprint density at radius 3 is 2.50 bits per heavy atom. The monoisotopic (exact) mass is 246 g/mol. The first-order chi connectivity index (χ1) is 8.52. The Kier molecular flexibility index (Phi) is 6.11. The number of rotatable bonds is 1. The topological polar surface area (TPSA) is 17.1 Å². The molecule has 0 heterocycles. The normalized spacial score (nSPS) is 31.3. The van der Waals surface area contributed by atoms with E-state index in [0.29, 0.717) is 11.7 Å². The lowest BCUT2D eigenvalue weighted by molar-refractivity contribution is -0.119. The van der Waals surface area contributed by atoms with Crippen LogP contribution in [0.2, 0.25) is 0 Å². The quantitative estimate of drug-likeness (QED) is 0.604. The number of ketones is 1. The molecule has 0 radical (unpaired) electrons. The largest absolute Gasteiger partial charge is 0.299 e. The van der Waals surface area contributed by atoms with Crippen LogP contribution in [0.4, 0.5) is 0 Å². The van der Waals surface area contributed by atoms with Gasteiger partial charge < -0.3 is 0 Å². The Labute approximate surface area is 112 Å². The van der Waals surface area contributed by atoms with E-state index in [1.54, 1.807) is 6.92 Å². The summed E-state index contributed by atoms with van der Waals surface area (Å²) in [5.41, 5.74) is 2.68. The average molecular weight is 246 g/mol. The van der Waals surface area contributed by atoms with Gasteiger partial charge in [-0.05, 0) is 52.4 Å². The molecule has 100 valence electrons. The Morgan fingerprint density at radius 2 is 1.83 bits per heavy atom. The molecule has 2 atom stereocenters. The molecule has 1 aliphatic carbocycles. The highest BCUT2D eigenvalue weighted by Crippen LogP contribution is 2.22. The molecule has 0 N–H and O–H groups in total. The minimum Gasteiger partial charge on any atom is -0.299 e. The van der Waals surface area contributed by atoms with Crippen molar-refractivity contribution in [2.45, 2.75) is 53.4 Å². The van der Waals surface area contributed by atoms with Crippen LogP contribution in [0.25, 0.3) is 0 Å². The summed E-state index contributed by atoms with van der Waals surface area (Å²) >= 11 is 0. The van der Waals surface area contributed by atoms with Gasteiger partial charge in [-0.3, -0.25) is 4.79 Å². The van der Waals surface area contributed by atoms with Crippen molar-refractivity contribution in [3.05, 3.63) is 35.5 Å². The van der Waals surface area contributed by atoms with E-state index in [0.717, 1.165) is 25.7 Å². The van der Waals surface area contributed by atoms with Crippen LogP contribution in [0, 0.1) is 11.8 Å². The third-order valence-corrected chi connectivity index (χ3v) is 3.98. The van der Waals surface area contributed by atoms with E-state index in [9.17, 15) is 4.79 Å². The van der Waals surface area contributed by atoms with Crippen LogP contribution >= 0.6 is 0 Å². The number of carbonyl (C=O) groups is 1. The highest BCUT2D eigenvalue weighted by Gasteiger charge is 2.15. The molecule has 0 aromatic heterocycles. The Morgan fingerprint density at radius 1 is 1.17 bits per heavy atom. The van der Waals surface area contributed by atoms with Crippen LogP contribution in [0.5, 0.6) is 0 Å². The van der Waals surface area contributed by atoms with Gasteiger partial charge in [0.2, 0.25) is 0 Å². The number of allylic oxidation sites excluding steroid dienone is 6. The summed E-state index contributed by atoms with van der Waals surface area (Å²) in [6.07, 6.45) is 13.0. The molecule has 1 heteroatoms. The van der Waals surface area contributed by atoms with E-state index in [1.165, 1.54) is 11.1 Å². The van der Waals surface area contributed by atoms with Crippen molar-refractivity contribution in [3.8, 4) is 0 Å². The number of carbonyl (C=O) groups excluding carboxylic acids is 1. The highest BCUT2D eigenvalue weighted by molar-refractivity contribution is 5.81. The minimum absolute atomic E-state index is 0.111. The van der Waals surface area contributed by atoms with Gasteiger partial charge in [-0.2, -0.15) is 0 Å². The molecule has 0 saturated heterocycles. The van der Waals surface area contributed by atoms with Gasteiger partial charge in [0.15, 0.2) is 0 Å². The molecule has 1 aliphatic rings. The maximum absolute atomic E-state index is 11.7. The maximum Gasteiger partial charge on any atom is 0.136 e. The Bertz CT molecular complexity index is 371. The summed E-state index contributed by atoms with van der Waals surface area (Å²) in [5, 5.41) is 0. The molecule has 0 spiro atoms.